The smallest absolute Gasteiger partial charge is 0.384 e. The first-order valence-electron chi connectivity index (χ1n) is 8.35. The molecule has 140 valence electrons. The molecule has 26 heavy (non-hydrogen) atoms. The Labute approximate surface area is 148 Å². The Morgan fingerprint density at radius 3 is 2.42 bits per heavy atom. The highest BCUT2D eigenvalue weighted by Gasteiger charge is 2.54. The van der Waals surface area contributed by atoms with Crippen LogP contribution in [0.1, 0.15) is 25.5 Å². The standard InChI is InChI=1S/C17H20F3N5O/c1-2-12-14(11-3-4-13(21)22-9-11)15(24-10-23-12)25-7-5-16(26,6-8-25)17(18,19)20/h3-4,9-10,26H,2,5-8H2,1H3,(H2,21,22). The minimum atomic E-state index is -4.64. The highest BCUT2D eigenvalue weighted by molar-refractivity contribution is 5.78. The molecule has 0 atom stereocenters. The molecule has 0 radical (unpaired) electrons. The first kappa shape index (κ1) is 18.4. The third-order valence-electron chi connectivity index (χ3n) is 4.73. The summed E-state index contributed by atoms with van der Waals surface area (Å²) < 4.78 is 39.1. The van der Waals surface area contributed by atoms with E-state index in [-0.39, 0.29) is 13.1 Å². The molecule has 3 N–H and O–H groups in total. The number of aliphatic hydroxyl groups is 1. The van der Waals surface area contributed by atoms with Crippen LogP contribution in [-0.4, -0.2) is 44.9 Å². The second kappa shape index (κ2) is 6.71. The first-order valence-corrected chi connectivity index (χ1v) is 8.35. The van der Waals surface area contributed by atoms with Crippen LogP contribution < -0.4 is 10.6 Å². The van der Waals surface area contributed by atoms with Crippen molar-refractivity contribution in [1.29, 1.82) is 0 Å². The van der Waals surface area contributed by atoms with Crippen LogP contribution in [0.15, 0.2) is 24.7 Å². The molecule has 1 saturated heterocycles. The lowest BCUT2D eigenvalue weighted by molar-refractivity contribution is -0.266. The van der Waals surface area contributed by atoms with Gasteiger partial charge in [0, 0.05) is 43.3 Å². The summed E-state index contributed by atoms with van der Waals surface area (Å²) >= 11 is 0. The quantitative estimate of drug-likeness (QED) is 0.867. The van der Waals surface area contributed by atoms with Gasteiger partial charge in [-0.25, -0.2) is 15.0 Å². The molecule has 6 nitrogen and oxygen atoms in total. The molecular weight excluding hydrogens is 347 g/mol. The molecule has 0 aliphatic carbocycles. The minimum Gasteiger partial charge on any atom is -0.384 e. The highest BCUT2D eigenvalue weighted by atomic mass is 19.4. The summed E-state index contributed by atoms with van der Waals surface area (Å²) in [7, 11) is 0. The van der Waals surface area contributed by atoms with Gasteiger partial charge in [-0.2, -0.15) is 13.2 Å². The lowest BCUT2D eigenvalue weighted by Crippen LogP contribution is -2.53. The molecule has 0 amide bonds. The Morgan fingerprint density at radius 2 is 1.88 bits per heavy atom. The molecular formula is C17H20F3N5O. The topological polar surface area (TPSA) is 88.2 Å². The largest absolute Gasteiger partial charge is 0.417 e. The fourth-order valence-electron chi connectivity index (χ4n) is 3.14. The van der Waals surface area contributed by atoms with Crippen LogP contribution in [0, 0.1) is 0 Å². The van der Waals surface area contributed by atoms with Gasteiger partial charge in [0.1, 0.15) is 18.0 Å². The number of rotatable bonds is 3. The molecule has 0 saturated carbocycles. The Hall–Kier alpha value is -2.42. The third-order valence-corrected chi connectivity index (χ3v) is 4.73. The van der Waals surface area contributed by atoms with Crippen molar-refractivity contribution in [1.82, 2.24) is 15.0 Å². The van der Waals surface area contributed by atoms with Crippen molar-refractivity contribution in [3.63, 3.8) is 0 Å². The lowest BCUT2D eigenvalue weighted by Gasteiger charge is -2.40. The average Bonchev–Trinajstić information content (AvgIpc) is 2.61. The van der Waals surface area contributed by atoms with Gasteiger partial charge < -0.3 is 15.7 Å². The van der Waals surface area contributed by atoms with Gasteiger partial charge in [-0.3, -0.25) is 0 Å². The van der Waals surface area contributed by atoms with Gasteiger partial charge >= 0.3 is 6.18 Å². The van der Waals surface area contributed by atoms with Crippen LogP contribution >= 0.6 is 0 Å². The third kappa shape index (κ3) is 3.31. The van der Waals surface area contributed by atoms with E-state index in [4.69, 9.17) is 5.73 Å². The maximum absolute atomic E-state index is 13.0. The maximum Gasteiger partial charge on any atom is 0.417 e. The number of aryl methyl sites for hydroxylation is 1. The van der Waals surface area contributed by atoms with Gasteiger partial charge in [0.25, 0.3) is 0 Å². The zero-order chi connectivity index (χ0) is 18.9. The number of hydrogen-bond donors (Lipinski definition) is 2. The summed E-state index contributed by atoms with van der Waals surface area (Å²) in [6.07, 6.45) is -1.79. The number of nitrogen functional groups attached to an aromatic ring is 1. The summed E-state index contributed by atoms with van der Waals surface area (Å²) in [5.74, 6) is 0.922. The fourth-order valence-corrected chi connectivity index (χ4v) is 3.14. The number of pyridine rings is 1. The zero-order valence-electron chi connectivity index (χ0n) is 14.3. The number of alkyl halides is 3. The van der Waals surface area contributed by atoms with Crippen molar-refractivity contribution >= 4 is 11.6 Å². The van der Waals surface area contributed by atoms with E-state index < -0.39 is 24.6 Å². The molecule has 9 heteroatoms. The van der Waals surface area contributed by atoms with Crippen LogP contribution in [0.4, 0.5) is 24.8 Å². The number of nitrogens with zero attached hydrogens (tertiary/aromatic N) is 4. The summed E-state index contributed by atoms with van der Waals surface area (Å²) in [6.45, 7) is 2.04. The predicted octanol–water partition coefficient (Wildman–Crippen LogP) is 2.58. The molecule has 2 aromatic rings. The fraction of sp³-hybridized carbons (Fsp3) is 0.471. The summed E-state index contributed by atoms with van der Waals surface area (Å²) in [5, 5.41) is 9.88. The second-order valence-electron chi connectivity index (χ2n) is 6.36. The van der Waals surface area contributed by atoms with E-state index in [1.54, 1.807) is 23.2 Å². The minimum absolute atomic E-state index is 0.0472. The Bertz CT molecular complexity index is 771. The van der Waals surface area contributed by atoms with Crippen LogP contribution in [0.2, 0.25) is 0 Å². The SMILES string of the molecule is CCc1ncnc(N2CCC(O)(C(F)(F)F)CC2)c1-c1ccc(N)nc1. The van der Waals surface area contributed by atoms with Gasteiger partial charge in [0.2, 0.25) is 0 Å². The molecule has 1 aliphatic heterocycles. The number of aromatic nitrogens is 3. The van der Waals surface area contributed by atoms with Crippen LogP contribution in [0.25, 0.3) is 11.1 Å². The van der Waals surface area contributed by atoms with Crippen LogP contribution in [0.3, 0.4) is 0 Å². The van der Waals surface area contributed by atoms with Crippen molar-refractivity contribution in [2.24, 2.45) is 0 Å². The number of hydrogen-bond acceptors (Lipinski definition) is 6. The van der Waals surface area contributed by atoms with E-state index in [1.807, 2.05) is 6.92 Å². The number of piperidine rings is 1. The number of anilines is 2. The summed E-state index contributed by atoms with van der Waals surface area (Å²) in [5.41, 5.74) is 5.26. The molecule has 0 unspecified atom stereocenters. The molecule has 1 fully saturated rings. The summed E-state index contributed by atoms with van der Waals surface area (Å²) in [6, 6.07) is 3.45. The van der Waals surface area contributed by atoms with E-state index in [2.05, 4.69) is 15.0 Å². The normalized spacial score (nSPS) is 17.3. The van der Waals surface area contributed by atoms with Gasteiger partial charge in [-0.05, 0) is 18.6 Å². The van der Waals surface area contributed by atoms with Crippen molar-refractivity contribution < 1.29 is 18.3 Å². The highest BCUT2D eigenvalue weighted by Crippen LogP contribution is 2.40. The molecule has 1 aliphatic rings. The van der Waals surface area contributed by atoms with Crippen LogP contribution in [0.5, 0.6) is 0 Å². The van der Waals surface area contributed by atoms with Crippen LogP contribution in [-0.2, 0) is 6.42 Å². The van der Waals surface area contributed by atoms with Crippen molar-refractivity contribution in [2.45, 2.75) is 38.0 Å². The monoisotopic (exact) mass is 367 g/mol. The molecule has 0 bridgehead atoms. The second-order valence-corrected chi connectivity index (χ2v) is 6.36. The number of nitrogens with two attached hydrogens (primary N) is 1. The molecule has 0 aromatic carbocycles. The Balaban J connectivity index is 1.95. The lowest BCUT2D eigenvalue weighted by atomic mass is 9.90. The molecule has 2 aromatic heterocycles. The van der Waals surface area contributed by atoms with Crippen molar-refractivity contribution in [3.8, 4) is 11.1 Å². The average molecular weight is 367 g/mol. The zero-order valence-corrected chi connectivity index (χ0v) is 14.3. The van der Waals surface area contributed by atoms with E-state index in [9.17, 15) is 18.3 Å². The van der Waals surface area contributed by atoms with Crippen molar-refractivity contribution in [3.05, 3.63) is 30.4 Å². The predicted molar refractivity (Wildman–Crippen MR) is 91.5 cm³/mol. The van der Waals surface area contributed by atoms with Gasteiger partial charge in [-0.15, -0.1) is 0 Å². The maximum atomic E-state index is 13.0. The van der Waals surface area contributed by atoms with E-state index >= 15 is 0 Å². The Morgan fingerprint density at radius 1 is 1.19 bits per heavy atom. The van der Waals surface area contributed by atoms with Gasteiger partial charge in [-0.1, -0.05) is 6.92 Å². The number of halogens is 3. The first-order chi connectivity index (χ1) is 12.2. The molecule has 3 rings (SSSR count). The van der Waals surface area contributed by atoms with E-state index in [0.717, 1.165) is 16.8 Å². The Kier molecular flexibility index (Phi) is 4.74. The van der Waals surface area contributed by atoms with E-state index in [1.165, 1.54) is 6.33 Å². The summed E-state index contributed by atoms with van der Waals surface area (Å²) in [4.78, 5) is 14.4. The van der Waals surface area contributed by atoms with E-state index in [0.29, 0.717) is 18.1 Å². The molecule has 0 spiro atoms. The van der Waals surface area contributed by atoms with Gasteiger partial charge in [0.05, 0.1) is 5.69 Å². The molecule has 3 heterocycles. The van der Waals surface area contributed by atoms with Crippen molar-refractivity contribution in [2.75, 3.05) is 23.7 Å². The van der Waals surface area contributed by atoms with Gasteiger partial charge in [0.15, 0.2) is 5.60 Å².